The maximum absolute atomic E-state index is 5.72. The molecule has 0 radical (unpaired) electrons. The summed E-state index contributed by atoms with van der Waals surface area (Å²) in [5.41, 5.74) is 1.12. The van der Waals surface area contributed by atoms with Crippen LogP contribution in [-0.2, 0) is 18.8 Å². The molecule has 0 bridgehead atoms. The van der Waals surface area contributed by atoms with Crippen LogP contribution in [0.25, 0.3) is 0 Å². The van der Waals surface area contributed by atoms with Crippen LogP contribution in [0.5, 0.6) is 0 Å². The standard InChI is InChI=1S/C9H11ClN4S/c1-7-12-8(5-15-7)2-3-14-6-11-13-9(14)4-10/h5-6H,2-4H2,1H3. The van der Waals surface area contributed by atoms with Gasteiger partial charge in [-0.3, -0.25) is 0 Å². The smallest absolute Gasteiger partial charge is 0.147 e. The van der Waals surface area contributed by atoms with Crippen LogP contribution in [0.15, 0.2) is 11.7 Å². The van der Waals surface area contributed by atoms with Crippen LogP contribution >= 0.6 is 22.9 Å². The summed E-state index contributed by atoms with van der Waals surface area (Å²) in [6.45, 7) is 2.84. The molecular weight excluding hydrogens is 232 g/mol. The lowest BCUT2D eigenvalue weighted by Gasteiger charge is -2.01. The van der Waals surface area contributed by atoms with Crippen molar-refractivity contribution < 1.29 is 0 Å². The Morgan fingerprint density at radius 2 is 2.40 bits per heavy atom. The number of hydrogen-bond acceptors (Lipinski definition) is 4. The Hall–Kier alpha value is -0.940. The third-order valence-corrected chi connectivity index (χ3v) is 3.15. The molecule has 15 heavy (non-hydrogen) atoms. The van der Waals surface area contributed by atoms with Crippen LogP contribution in [0.4, 0.5) is 0 Å². The van der Waals surface area contributed by atoms with Gasteiger partial charge in [-0.25, -0.2) is 4.98 Å². The van der Waals surface area contributed by atoms with Gasteiger partial charge in [0.25, 0.3) is 0 Å². The first-order chi connectivity index (χ1) is 7.29. The van der Waals surface area contributed by atoms with E-state index in [2.05, 4.69) is 20.6 Å². The van der Waals surface area contributed by atoms with Gasteiger partial charge in [-0.1, -0.05) is 0 Å². The maximum atomic E-state index is 5.72. The predicted octanol–water partition coefficient (Wildman–Crippen LogP) is 2.02. The number of hydrogen-bond donors (Lipinski definition) is 0. The lowest BCUT2D eigenvalue weighted by atomic mass is 10.3. The average molecular weight is 243 g/mol. The van der Waals surface area contributed by atoms with Crippen molar-refractivity contribution >= 4 is 22.9 Å². The Bertz CT molecular complexity index is 437. The van der Waals surface area contributed by atoms with E-state index in [1.807, 2.05) is 11.5 Å². The van der Waals surface area contributed by atoms with Gasteiger partial charge in [0.1, 0.15) is 12.2 Å². The number of rotatable bonds is 4. The summed E-state index contributed by atoms with van der Waals surface area (Å²) in [6.07, 6.45) is 2.60. The first-order valence-corrected chi connectivity index (χ1v) is 6.04. The van der Waals surface area contributed by atoms with Crippen molar-refractivity contribution in [3.05, 3.63) is 28.2 Å². The molecule has 0 spiro atoms. The molecule has 0 unspecified atom stereocenters. The van der Waals surface area contributed by atoms with E-state index >= 15 is 0 Å². The first-order valence-electron chi connectivity index (χ1n) is 4.63. The molecule has 0 fully saturated rings. The number of aromatic nitrogens is 4. The third-order valence-electron chi connectivity index (χ3n) is 2.09. The van der Waals surface area contributed by atoms with Gasteiger partial charge < -0.3 is 4.57 Å². The van der Waals surface area contributed by atoms with Gasteiger partial charge in [-0.15, -0.1) is 33.1 Å². The molecule has 6 heteroatoms. The number of alkyl halides is 1. The fourth-order valence-electron chi connectivity index (χ4n) is 1.33. The summed E-state index contributed by atoms with van der Waals surface area (Å²) in [7, 11) is 0. The van der Waals surface area contributed by atoms with Crippen molar-refractivity contribution in [3.63, 3.8) is 0 Å². The van der Waals surface area contributed by atoms with Gasteiger partial charge >= 0.3 is 0 Å². The molecule has 0 aliphatic rings. The van der Waals surface area contributed by atoms with Crippen molar-refractivity contribution in [2.24, 2.45) is 0 Å². The van der Waals surface area contributed by atoms with Gasteiger partial charge in [0, 0.05) is 18.3 Å². The fourth-order valence-corrected chi connectivity index (χ4v) is 2.18. The zero-order valence-corrected chi connectivity index (χ0v) is 9.92. The van der Waals surface area contributed by atoms with Crippen LogP contribution in [0.1, 0.15) is 16.5 Å². The number of thiazole rings is 1. The van der Waals surface area contributed by atoms with Crippen LogP contribution in [0, 0.1) is 6.92 Å². The van der Waals surface area contributed by atoms with Crippen LogP contribution in [0.3, 0.4) is 0 Å². The van der Waals surface area contributed by atoms with Crippen molar-refractivity contribution in [1.82, 2.24) is 19.7 Å². The summed E-state index contributed by atoms with van der Waals surface area (Å²) in [5.74, 6) is 1.21. The summed E-state index contributed by atoms with van der Waals surface area (Å²) >= 11 is 7.40. The molecule has 0 aliphatic carbocycles. The van der Waals surface area contributed by atoms with Gasteiger partial charge in [-0.05, 0) is 6.92 Å². The highest BCUT2D eigenvalue weighted by Gasteiger charge is 2.03. The van der Waals surface area contributed by atoms with Crippen molar-refractivity contribution in [2.75, 3.05) is 0 Å². The topological polar surface area (TPSA) is 43.6 Å². The maximum Gasteiger partial charge on any atom is 0.147 e. The van der Waals surface area contributed by atoms with E-state index in [4.69, 9.17) is 11.6 Å². The highest BCUT2D eigenvalue weighted by Crippen LogP contribution is 2.09. The van der Waals surface area contributed by atoms with Gasteiger partial charge in [0.2, 0.25) is 0 Å². The van der Waals surface area contributed by atoms with Crippen LogP contribution in [0.2, 0.25) is 0 Å². The van der Waals surface area contributed by atoms with Crippen molar-refractivity contribution in [3.8, 4) is 0 Å². The Morgan fingerprint density at radius 3 is 3.07 bits per heavy atom. The highest BCUT2D eigenvalue weighted by atomic mass is 35.5. The van der Waals surface area contributed by atoms with E-state index in [1.54, 1.807) is 17.7 Å². The number of halogens is 1. The number of aryl methyl sites for hydroxylation is 3. The van der Waals surface area contributed by atoms with E-state index in [9.17, 15) is 0 Å². The lowest BCUT2D eigenvalue weighted by molar-refractivity contribution is 0.661. The third kappa shape index (κ3) is 2.54. The van der Waals surface area contributed by atoms with E-state index < -0.39 is 0 Å². The van der Waals surface area contributed by atoms with Gasteiger partial charge in [0.15, 0.2) is 0 Å². The Balaban J connectivity index is 1.98. The summed E-state index contributed by atoms with van der Waals surface area (Å²) in [5, 5.41) is 10.9. The van der Waals surface area contributed by atoms with E-state index in [0.717, 1.165) is 29.5 Å². The molecule has 4 nitrogen and oxygen atoms in total. The minimum atomic E-state index is 0.399. The van der Waals surface area contributed by atoms with Crippen LogP contribution in [-0.4, -0.2) is 19.7 Å². The molecule has 2 rings (SSSR count). The highest BCUT2D eigenvalue weighted by molar-refractivity contribution is 7.09. The summed E-state index contributed by atoms with van der Waals surface area (Å²) in [6, 6.07) is 0. The number of nitrogens with zero attached hydrogens (tertiary/aromatic N) is 4. The fraction of sp³-hybridized carbons (Fsp3) is 0.444. The molecule has 80 valence electrons. The molecular formula is C9H11ClN4S. The molecule has 0 aromatic carbocycles. The normalized spacial score (nSPS) is 10.8. The van der Waals surface area contributed by atoms with Crippen LogP contribution < -0.4 is 0 Å². The van der Waals surface area contributed by atoms with E-state index in [1.165, 1.54) is 0 Å². The molecule has 0 saturated carbocycles. The summed E-state index contributed by atoms with van der Waals surface area (Å²) in [4.78, 5) is 4.40. The second-order valence-electron chi connectivity index (χ2n) is 3.18. The zero-order chi connectivity index (χ0) is 10.7. The van der Waals surface area contributed by atoms with Crippen molar-refractivity contribution in [2.45, 2.75) is 25.8 Å². The molecule has 2 aromatic rings. The SMILES string of the molecule is Cc1nc(CCn2cnnc2CCl)cs1. The van der Waals surface area contributed by atoms with Crippen molar-refractivity contribution in [1.29, 1.82) is 0 Å². The second kappa shape index (κ2) is 4.72. The summed E-state index contributed by atoms with van der Waals surface area (Å²) < 4.78 is 1.96. The molecule has 2 aromatic heterocycles. The Kier molecular flexibility index (Phi) is 3.33. The molecule has 0 saturated heterocycles. The van der Waals surface area contributed by atoms with E-state index in [0.29, 0.717) is 5.88 Å². The Labute approximate surface area is 96.9 Å². The monoisotopic (exact) mass is 242 g/mol. The Morgan fingerprint density at radius 1 is 1.53 bits per heavy atom. The average Bonchev–Trinajstić information content (AvgIpc) is 2.83. The van der Waals surface area contributed by atoms with E-state index in [-0.39, 0.29) is 0 Å². The lowest BCUT2D eigenvalue weighted by Crippen LogP contribution is -2.04. The predicted molar refractivity (Wildman–Crippen MR) is 60.1 cm³/mol. The molecule has 2 heterocycles. The molecule has 0 N–H and O–H groups in total. The molecule has 0 amide bonds. The van der Waals surface area contributed by atoms with Gasteiger partial charge in [0.05, 0.1) is 16.6 Å². The second-order valence-corrected chi connectivity index (χ2v) is 4.51. The first kappa shape index (κ1) is 10.6. The zero-order valence-electron chi connectivity index (χ0n) is 8.35. The van der Waals surface area contributed by atoms with Gasteiger partial charge in [-0.2, -0.15) is 0 Å². The minimum Gasteiger partial charge on any atom is -0.316 e. The molecule has 0 aliphatic heterocycles. The quantitative estimate of drug-likeness (QED) is 0.771. The largest absolute Gasteiger partial charge is 0.316 e. The molecule has 0 atom stereocenters. The minimum absolute atomic E-state index is 0.399.